The largest absolute Gasteiger partial charge is 0.497 e. The van der Waals surface area contributed by atoms with Gasteiger partial charge in [-0.2, -0.15) is 0 Å². The third-order valence-electron chi connectivity index (χ3n) is 3.92. The molecule has 0 aliphatic rings. The standard InChI is InChI=1S/C22H22N2O3/c1-26-19-11-7-8-17(14-19)15-24-22(25)16-23-20-12-5-6-13-21(20)27-18-9-3-2-4-10-18/h2-14,23H,15-16H2,1H3,(H,24,25). The number of benzene rings is 3. The lowest BCUT2D eigenvalue weighted by molar-refractivity contribution is -0.119. The highest BCUT2D eigenvalue weighted by atomic mass is 16.5. The van der Waals surface area contributed by atoms with Gasteiger partial charge in [0.25, 0.3) is 0 Å². The number of hydrogen-bond acceptors (Lipinski definition) is 4. The number of ether oxygens (including phenoxy) is 2. The first-order valence-corrected chi connectivity index (χ1v) is 8.70. The van der Waals surface area contributed by atoms with Gasteiger partial charge in [-0.15, -0.1) is 0 Å². The quantitative estimate of drug-likeness (QED) is 0.630. The number of para-hydroxylation sites is 3. The number of nitrogens with one attached hydrogen (secondary N) is 2. The molecule has 0 atom stereocenters. The van der Waals surface area contributed by atoms with Gasteiger partial charge in [0.2, 0.25) is 5.91 Å². The second kappa shape index (κ2) is 9.29. The van der Waals surface area contributed by atoms with Crippen molar-refractivity contribution in [1.82, 2.24) is 5.32 Å². The molecule has 1 amide bonds. The number of carbonyl (C=O) groups excluding carboxylic acids is 1. The molecule has 0 bridgehead atoms. The van der Waals surface area contributed by atoms with Crippen molar-refractivity contribution in [3.63, 3.8) is 0 Å². The summed E-state index contributed by atoms with van der Waals surface area (Å²) >= 11 is 0. The predicted octanol–water partition coefficient (Wildman–Crippen LogP) is 4.22. The van der Waals surface area contributed by atoms with Crippen molar-refractivity contribution in [2.75, 3.05) is 19.0 Å². The molecule has 3 aromatic carbocycles. The van der Waals surface area contributed by atoms with Crippen molar-refractivity contribution in [3.8, 4) is 17.2 Å². The molecule has 5 nitrogen and oxygen atoms in total. The first-order valence-electron chi connectivity index (χ1n) is 8.70. The maximum Gasteiger partial charge on any atom is 0.239 e. The number of carbonyl (C=O) groups is 1. The monoisotopic (exact) mass is 362 g/mol. The van der Waals surface area contributed by atoms with E-state index in [4.69, 9.17) is 9.47 Å². The van der Waals surface area contributed by atoms with Crippen LogP contribution in [0.1, 0.15) is 5.56 Å². The van der Waals surface area contributed by atoms with Crippen LogP contribution in [0.3, 0.4) is 0 Å². The summed E-state index contributed by atoms with van der Waals surface area (Å²) in [5.41, 5.74) is 1.74. The van der Waals surface area contributed by atoms with Gasteiger partial charge >= 0.3 is 0 Å². The van der Waals surface area contributed by atoms with Crippen molar-refractivity contribution < 1.29 is 14.3 Å². The van der Waals surface area contributed by atoms with Gasteiger partial charge in [0.05, 0.1) is 19.3 Å². The maximum atomic E-state index is 12.2. The molecule has 0 spiro atoms. The minimum absolute atomic E-state index is 0.104. The summed E-state index contributed by atoms with van der Waals surface area (Å²) in [4.78, 5) is 12.2. The molecule has 0 fully saturated rings. The molecular formula is C22H22N2O3. The molecule has 0 saturated carbocycles. The number of amides is 1. The third kappa shape index (κ3) is 5.51. The summed E-state index contributed by atoms with van der Waals surface area (Å²) in [6, 6.07) is 24.7. The van der Waals surface area contributed by atoms with E-state index in [1.165, 1.54) is 0 Å². The van der Waals surface area contributed by atoms with Crippen LogP contribution in [0, 0.1) is 0 Å². The Hall–Kier alpha value is -3.47. The lowest BCUT2D eigenvalue weighted by Crippen LogP contribution is -2.29. The van der Waals surface area contributed by atoms with E-state index in [9.17, 15) is 4.79 Å². The van der Waals surface area contributed by atoms with Crippen molar-refractivity contribution in [2.24, 2.45) is 0 Å². The smallest absolute Gasteiger partial charge is 0.239 e. The molecule has 0 saturated heterocycles. The summed E-state index contributed by atoms with van der Waals surface area (Å²) in [5.74, 6) is 2.08. The zero-order chi connectivity index (χ0) is 18.9. The van der Waals surface area contributed by atoms with E-state index < -0.39 is 0 Å². The Morgan fingerprint density at radius 3 is 2.44 bits per heavy atom. The van der Waals surface area contributed by atoms with E-state index >= 15 is 0 Å². The van der Waals surface area contributed by atoms with E-state index in [2.05, 4.69) is 10.6 Å². The highest BCUT2D eigenvalue weighted by molar-refractivity contribution is 5.81. The van der Waals surface area contributed by atoms with E-state index in [-0.39, 0.29) is 12.5 Å². The SMILES string of the molecule is COc1cccc(CNC(=O)CNc2ccccc2Oc2ccccc2)c1. The normalized spacial score (nSPS) is 10.1. The van der Waals surface area contributed by atoms with E-state index in [0.29, 0.717) is 12.3 Å². The van der Waals surface area contributed by atoms with Gasteiger partial charge in [0, 0.05) is 6.54 Å². The van der Waals surface area contributed by atoms with Crippen molar-refractivity contribution in [3.05, 3.63) is 84.4 Å². The number of methoxy groups -OCH3 is 1. The average molecular weight is 362 g/mol. The summed E-state index contributed by atoms with van der Waals surface area (Å²) in [7, 11) is 1.62. The van der Waals surface area contributed by atoms with Crippen LogP contribution >= 0.6 is 0 Å². The molecule has 2 N–H and O–H groups in total. The van der Waals surface area contributed by atoms with Crippen LogP contribution in [0.4, 0.5) is 5.69 Å². The lowest BCUT2D eigenvalue weighted by Gasteiger charge is -2.13. The Morgan fingerprint density at radius 1 is 0.889 bits per heavy atom. The Kier molecular flexibility index (Phi) is 6.30. The summed E-state index contributed by atoms with van der Waals surface area (Å²) in [5, 5.41) is 6.02. The molecule has 0 unspecified atom stereocenters. The fourth-order valence-electron chi connectivity index (χ4n) is 2.54. The van der Waals surface area contributed by atoms with Gasteiger partial charge in [-0.25, -0.2) is 0 Å². The zero-order valence-corrected chi connectivity index (χ0v) is 15.1. The fraction of sp³-hybridized carbons (Fsp3) is 0.136. The molecule has 0 radical (unpaired) electrons. The fourth-order valence-corrected chi connectivity index (χ4v) is 2.54. The highest BCUT2D eigenvalue weighted by Gasteiger charge is 2.07. The van der Waals surface area contributed by atoms with Crippen LogP contribution in [0.2, 0.25) is 0 Å². The van der Waals surface area contributed by atoms with Crippen LogP contribution in [0.5, 0.6) is 17.2 Å². The number of rotatable bonds is 8. The van der Waals surface area contributed by atoms with Crippen molar-refractivity contribution in [2.45, 2.75) is 6.54 Å². The Labute approximate surface area is 158 Å². The van der Waals surface area contributed by atoms with Crippen molar-refractivity contribution >= 4 is 11.6 Å². The van der Waals surface area contributed by atoms with E-state index in [1.54, 1.807) is 7.11 Å². The van der Waals surface area contributed by atoms with Gasteiger partial charge in [0.15, 0.2) is 5.75 Å². The second-order valence-electron chi connectivity index (χ2n) is 5.89. The molecule has 138 valence electrons. The predicted molar refractivity (Wildman–Crippen MR) is 106 cm³/mol. The van der Waals surface area contributed by atoms with E-state index in [0.717, 1.165) is 22.7 Å². The van der Waals surface area contributed by atoms with Gasteiger partial charge in [-0.1, -0.05) is 42.5 Å². The highest BCUT2D eigenvalue weighted by Crippen LogP contribution is 2.28. The van der Waals surface area contributed by atoms with Gasteiger partial charge in [-0.05, 0) is 42.0 Å². The number of hydrogen-bond donors (Lipinski definition) is 2. The average Bonchev–Trinajstić information content (AvgIpc) is 2.72. The molecule has 3 aromatic rings. The summed E-state index contributed by atoms with van der Waals surface area (Å²) < 4.78 is 11.1. The van der Waals surface area contributed by atoms with Crippen LogP contribution in [0.15, 0.2) is 78.9 Å². The Morgan fingerprint density at radius 2 is 1.63 bits per heavy atom. The molecule has 0 heterocycles. The summed E-state index contributed by atoms with van der Waals surface area (Å²) in [6.45, 7) is 0.596. The van der Waals surface area contributed by atoms with Crippen LogP contribution < -0.4 is 20.1 Å². The topological polar surface area (TPSA) is 59.6 Å². The van der Waals surface area contributed by atoms with Gasteiger partial charge < -0.3 is 20.1 Å². The van der Waals surface area contributed by atoms with Crippen LogP contribution in [-0.4, -0.2) is 19.6 Å². The Balaban J connectivity index is 1.54. The lowest BCUT2D eigenvalue weighted by atomic mass is 10.2. The first-order chi connectivity index (χ1) is 13.2. The molecule has 3 rings (SSSR count). The molecule has 5 heteroatoms. The van der Waals surface area contributed by atoms with Gasteiger partial charge in [-0.3, -0.25) is 4.79 Å². The van der Waals surface area contributed by atoms with E-state index in [1.807, 2.05) is 78.9 Å². The third-order valence-corrected chi connectivity index (χ3v) is 3.92. The molecule has 0 aromatic heterocycles. The summed E-state index contributed by atoms with van der Waals surface area (Å²) in [6.07, 6.45) is 0. The number of anilines is 1. The van der Waals surface area contributed by atoms with Crippen LogP contribution in [-0.2, 0) is 11.3 Å². The molecule has 0 aliphatic heterocycles. The minimum atomic E-state index is -0.104. The second-order valence-corrected chi connectivity index (χ2v) is 5.89. The maximum absolute atomic E-state index is 12.2. The molecular weight excluding hydrogens is 340 g/mol. The zero-order valence-electron chi connectivity index (χ0n) is 15.1. The van der Waals surface area contributed by atoms with Crippen LogP contribution in [0.25, 0.3) is 0 Å². The molecule has 27 heavy (non-hydrogen) atoms. The molecule has 0 aliphatic carbocycles. The minimum Gasteiger partial charge on any atom is -0.497 e. The first kappa shape index (κ1) is 18.3. The van der Waals surface area contributed by atoms with Crippen molar-refractivity contribution in [1.29, 1.82) is 0 Å². The Bertz CT molecular complexity index is 881. The van der Waals surface area contributed by atoms with Gasteiger partial charge in [0.1, 0.15) is 11.5 Å².